The first kappa shape index (κ1) is 19.2. The van der Waals surface area contributed by atoms with Gasteiger partial charge in [-0.2, -0.15) is 0 Å². The van der Waals surface area contributed by atoms with Gasteiger partial charge < -0.3 is 25.7 Å². The predicted molar refractivity (Wildman–Crippen MR) is 76.6 cm³/mol. The summed E-state index contributed by atoms with van der Waals surface area (Å²) >= 11 is 0. The summed E-state index contributed by atoms with van der Waals surface area (Å²) in [6.07, 6.45) is -6.07. The van der Waals surface area contributed by atoms with Gasteiger partial charge in [0.1, 0.15) is 12.2 Å². The van der Waals surface area contributed by atoms with Crippen molar-refractivity contribution in [1.29, 1.82) is 0 Å². The Morgan fingerprint density at radius 3 is 2.09 bits per heavy atom. The molecule has 7 N–H and O–H groups in total. The Kier molecular flexibility index (Phi) is 6.32. The van der Waals surface area contributed by atoms with E-state index in [2.05, 4.69) is 5.32 Å². The van der Waals surface area contributed by atoms with Gasteiger partial charge in [-0.3, -0.25) is 9.59 Å². The van der Waals surface area contributed by atoms with Gasteiger partial charge in [0, 0.05) is 5.69 Å². The van der Waals surface area contributed by atoms with E-state index in [0.717, 1.165) is 24.3 Å². The number of anilines is 1. The van der Waals surface area contributed by atoms with E-state index in [4.69, 9.17) is 15.4 Å². The highest BCUT2D eigenvalue weighted by atomic mass is 32.2. The van der Waals surface area contributed by atoms with Gasteiger partial charge in [-0.1, -0.05) is 0 Å². The van der Waals surface area contributed by atoms with Crippen LogP contribution in [0.25, 0.3) is 0 Å². The number of benzene rings is 1. The molecule has 128 valence electrons. The summed E-state index contributed by atoms with van der Waals surface area (Å²) in [4.78, 5) is 23.0. The third-order valence-electron chi connectivity index (χ3n) is 2.84. The van der Waals surface area contributed by atoms with E-state index in [1.165, 1.54) is 0 Å². The van der Waals surface area contributed by atoms with Gasteiger partial charge in [-0.15, -0.1) is 0 Å². The standard InChI is InChI=1S/C12H16N2O8S/c13-23(21,22)7-3-1-6(2-4-7)14-12(20)11(19)10(18)9(17)8(16)5-15/h1-4,8-10,15-18H,5H2,(H,14,20)(H2,13,21,22). The van der Waals surface area contributed by atoms with Crippen LogP contribution < -0.4 is 10.5 Å². The molecule has 0 spiro atoms. The minimum atomic E-state index is -3.91. The van der Waals surface area contributed by atoms with Crippen molar-refractivity contribution in [2.45, 2.75) is 23.2 Å². The van der Waals surface area contributed by atoms with Crippen LogP contribution in [0.4, 0.5) is 5.69 Å². The molecule has 0 aliphatic heterocycles. The Morgan fingerprint density at radius 1 is 1.13 bits per heavy atom. The predicted octanol–water partition coefficient (Wildman–Crippen LogP) is -3.08. The van der Waals surface area contributed by atoms with E-state index in [-0.39, 0.29) is 10.6 Å². The molecule has 0 aliphatic rings. The zero-order valence-electron chi connectivity index (χ0n) is 11.7. The van der Waals surface area contributed by atoms with Crippen molar-refractivity contribution in [2.24, 2.45) is 5.14 Å². The number of ketones is 1. The highest BCUT2D eigenvalue weighted by Crippen LogP contribution is 2.13. The first-order valence-corrected chi connectivity index (χ1v) is 7.75. The van der Waals surface area contributed by atoms with Crippen molar-refractivity contribution >= 4 is 27.4 Å². The lowest BCUT2D eigenvalue weighted by Gasteiger charge is -2.19. The van der Waals surface area contributed by atoms with E-state index < -0.39 is 46.6 Å². The second-order valence-electron chi connectivity index (χ2n) is 4.57. The second-order valence-corrected chi connectivity index (χ2v) is 6.13. The molecule has 0 aliphatic carbocycles. The Morgan fingerprint density at radius 2 is 1.65 bits per heavy atom. The lowest BCUT2D eigenvalue weighted by atomic mass is 10.0. The van der Waals surface area contributed by atoms with Crippen LogP contribution in [0.15, 0.2) is 29.2 Å². The van der Waals surface area contributed by atoms with Gasteiger partial charge >= 0.3 is 0 Å². The minimum absolute atomic E-state index is 0.0418. The number of hydrogen-bond donors (Lipinski definition) is 6. The van der Waals surface area contributed by atoms with Crippen molar-refractivity contribution in [3.05, 3.63) is 24.3 Å². The van der Waals surface area contributed by atoms with E-state index in [0.29, 0.717) is 0 Å². The number of nitrogens with one attached hydrogen (secondary N) is 1. The summed E-state index contributed by atoms with van der Waals surface area (Å²) in [5, 5.41) is 43.5. The number of hydrogen-bond acceptors (Lipinski definition) is 8. The topological polar surface area (TPSA) is 187 Å². The van der Waals surface area contributed by atoms with E-state index >= 15 is 0 Å². The molecule has 11 heteroatoms. The molecule has 0 fully saturated rings. The average molecular weight is 348 g/mol. The fourth-order valence-corrected chi connectivity index (χ4v) is 2.04. The van der Waals surface area contributed by atoms with Crippen molar-refractivity contribution in [3.8, 4) is 0 Å². The quantitative estimate of drug-likeness (QED) is 0.280. The highest BCUT2D eigenvalue weighted by Gasteiger charge is 2.33. The molecule has 0 bridgehead atoms. The molecule has 1 rings (SSSR count). The molecule has 0 heterocycles. The molecule has 1 aromatic rings. The SMILES string of the molecule is NS(=O)(=O)c1ccc(NC(=O)C(=O)C(O)C(O)C(O)CO)cc1. The fraction of sp³-hybridized carbons (Fsp3) is 0.333. The first-order chi connectivity index (χ1) is 10.6. The number of nitrogens with two attached hydrogens (primary N) is 1. The van der Waals surface area contributed by atoms with Crippen LogP contribution in [-0.4, -0.2) is 65.5 Å². The molecular weight excluding hydrogens is 332 g/mol. The van der Waals surface area contributed by atoms with Gasteiger partial charge in [-0.25, -0.2) is 13.6 Å². The lowest BCUT2D eigenvalue weighted by Crippen LogP contribution is -2.47. The highest BCUT2D eigenvalue weighted by molar-refractivity contribution is 7.89. The van der Waals surface area contributed by atoms with Crippen molar-refractivity contribution in [1.82, 2.24) is 0 Å². The van der Waals surface area contributed by atoms with Gasteiger partial charge in [-0.05, 0) is 24.3 Å². The third-order valence-corrected chi connectivity index (χ3v) is 3.77. The van der Waals surface area contributed by atoms with Crippen LogP contribution in [0.2, 0.25) is 0 Å². The number of sulfonamides is 1. The molecule has 0 aromatic heterocycles. The normalized spacial score (nSPS) is 15.5. The van der Waals surface area contributed by atoms with E-state index in [1.54, 1.807) is 0 Å². The molecule has 23 heavy (non-hydrogen) atoms. The summed E-state index contributed by atoms with van der Waals surface area (Å²) in [6.45, 7) is -0.915. The number of aliphatic hydroxyl groups excluding tert-OH is 4. The van der Waals surface area contributed by atoms with Crippen LogP contribution in [0.5, 0.6) is 0 Å². The molecule has 0 radical (unpaired) electrons. The molecular formula is C12H16N2O8S. The van der Waals surface area contributed by atoms with Crippen LogP contribution >= 0.6 is 0 Å². The Bertz CT molecular complexity index is 673. The zero-order chi connectivity index (χ0) is 17.8. The maximum absolute atomic E-state index is 11.6. The second kappa shape index (κ2) is 7.59. The maximum atomic E-state index is 11.6. The smallest absolute Gasteiger partial charge is 0.294 e. The number of rotatable bonds is 7. The molecule has 3 unspecified atom stereocenters. The average Bonchev–Trinajstić information content (AvgIpc) is 2.51. The van der Waals surface area contributed by atoms with Gasteiger partial charge in [0.2, 0.25) is 10.0 Å². The molecule has 1 amide bonds. The summed E-state index contributed by atoms with van der Waals surface area (Å²) in [7, 11) is -3.91. The number of carbonyl (C=O) groups excluding carboxylic acids is 2. The fourth-order valence-electron chi connectivity index (χ4n) is 1.53. The van der Waals surface area contributed by atoms with Crippen molar-refractivity contribution in [2.75, 3.05) is 11.9 Å². The third kappa shape index (κ3) is 5.06. The monoisotopic (exact) mass is 348 g/mol. The molecule has 0 saturated heterocycles. The number of carbonyl (C=O) groups is 2. The van der Waals surface area contributed by atoms with Gasteiger partial charge in [0.25, 0.3) is 11.7 Å². The zero-order valence-corrected chi connectivity index (χ0v) is 12.5. The lowest BCUT2D eigenvalue weighted by molar-refractivity contribution is -0.148. The number of aliphatic hydroxyl groups is 4. The number of amides is 1. The summed E-state index contributed by atoms with van der Waals surface area (Å²) < 4.78 is 22.1. The maximum Gasteiger partial charge on any atom is 0.294 e. The van der Waals surface area contributed by atoms with Crippen LogP contribution in [-0.2, 0) is 19.6 Å². The summed E-state index contributed by atoms with van der Waals surface area (Å²) in [6, 6.07) is 4.51. The van der Waals surface area contributed by atoms with Crippen molar-refractivity contribution < 1.29 is 38.4 Å². The van der Waals surface area contributed by atoms with Crippen LogP contribution in [0.3, 0.4) is 0 Å². The van der Waals surface area contributed by atoms with E-state index in [1.807, 2.05) is 0 Å². The van der Waals surface area contributed by atoms with Gasteiger partial charge in [0.15, 0.2) is 6.10 Å². The molecule has 3 atom stereocenters. The molecule has 0 saturated carbocycles. The Hall–Kier alpha value is -1.89. The Labute approximate surface area is 131 Å². The first-order valence-electron chi connectivity index (χ1n) is 6.21. The number of Topliss-reactive ketones (excluding diaryl/α,β-unsaturated/α-hetero) is 1. The van der Waals surface area contributed by atoms with Crippen LogP contribution in [0.1, 0.15) is 0 Å². The van der Waals surface area contributed by atoms with Crippen molar-refractivity contribution in [3.63, 3.8) is 0 Å². The number of primary sulfonamides is 1. The minimum Gasteiger partial charge on any atom is -0.394 e. The van der Waals surface area contributed by atoms with E-state index in [9.17, 15) is 28.2 Å². The molecule has 1 aromatic carbocycles. The largest absolute Gasteiger partial charge is 0.394 e. The summed E-state index contributed by atoms with van der Waals surface area (Å²) in [5.41, 5.74) is 0.0418. The van der Waals surface area contributed by atoms with Crippen LogP contribution in [0, 0.1) is 0 Å². The summed E-state index contributed by atoms with van der Waals surface area (Å²) in [5.74, 6) is -2.74. The van der Waals surface area contributed by atoms with Gasteiger partial charge in [0.05, 0.1) is 11.5 Å². The molecule has 10 nitrogen and oxygen atoms in total. The Balaban J connectivity index is 2.77.